The number of hydrazine groups is 1. The summed E-state index contributed by atoms with van der Waals surface area (Å²) in [5.74, 6) is 9.09. The number of anilines is 2. The van der Waals surface area contributed by atoms with Crippen molar-refractivity contribution in [3.05, 3.63) is 11.4 Å². The van der Waals surface area contributed by atoms with Crippen LogP contribution in [0.1, 0.15) is 38.1 Å². The average Bonchev–Trinajstić information content (AvgIpc) is 2.40. The van der Waals surface area contributed by atoms with E-state index in [1.54, 1.807) is 0 Å². The molecular weight excluding hydrogens is 258 g/mol. The maximum Gasteiger partial charge on any atom is 0.148 e. The van der Waals surface area contributed by atoms with E-state index < -0.39 is 0 Å². The summed E-state index contributed by atoms with van der Waals surface area (Å²) in [6, 6.07) is 0.390. The highest BCUT2D eigenvalue weighted by Crippen LogP contribution is 2.21. The maximum atomic E-state index is 5.52. The molecule has 1 atom stereocenters. The standard InChI is InChI=1S/C13H25N5S/c1-5-6-11-16-12(10(3)13(17-11)18-14)15-9(2)7-8-19-4/h9H,5-8,14H2,1-4H3,(H2,15,16,17,18). The fourth-order valence-corrected chi connectivity index (χ4v) is 2.37. The first kappa shape index (κ1) is 16.0. The number of nitrogens with two attached hydrogens (primary N) is 1. The molecule has 1 unspecified atom stereocenters. The molecule has 1 heterocycles. The van der Waals surface area contributed by atoms with Crippen LogP contribution in [0.25, 0.3) is 0 Å². The molecule has 0 amide bonds. The minimum atomic E-state index is 0.390. The van der Waals surface area contributed by atoms with Crippen LogP contribution in [0.5, 0.6) is 0 Å². The van der Waals surface area contributed by atoms with Crippen LogP contribution in [-0.2, 0) is 6.42 Å². The van der Waals surface area contributed by atoms with Gasteiger partial charge in [-0.2, -0.15) is 11.8 Å². The maximum absolute atomic E-state index is 5.52. The van der Waals surface area contributed by atoms with Crippen molar-refractivity contribution in [2.75, 3.05) is 22.8 Å². The van der Waals surface area contributed by atoms with E-state index in [2.05, 4.69) is 40.8 Å². The molecule has 0 aliphatic rings. The summed E-state index contributed by atoms with van der Waals surface area (Å²) < 4.78 is 0. The van der Waals surface area contributed by atoms with Crippen molar-refractivity contribution >= 4 is 23.4 Å². The first-order valence-corrected chi connectivity index (χ1v) is 8.11. The molecule has 0 fully saturated rings. The number of aromatic nitrogens is 2. The van der Waals surface area contributed by atoms with Crippen LogP contribution in [0.15, 0.2) is 0 Å². The lowest BCUT2D eigenvalue weighted by Gasteiger charge is -2.18. The van der Waals surface area contributed by atoms with E-state index in [1.807, 2.05) is 18.7 Å². The van der Waals surface area contributed by atoms with Crippen molar-refractivity contribution in [3.8, 4) is 0 Å². The topological polar surface area (TPSA) is 75.9 Å². The van der Waals surface area contributed by atoms with Crippen LogP contribution in [0.2, 0.25) is 0 Å². The van der Waals surface area contributed by atoms with Gasteiger partial charge >= 0.3 is 0 Å². The molecule has 0 aliphatic heterocycles. The highest BCUT2D eigenvalue weighted by atomic mass is 32.2. The van der Waals surface area contributed by atoms with E-state index in [0.717, 1.165) is 42.2 Å². The fourth-order valence-electron chi connectivity index (χ4n) is 1.78. The zero-order chi connectivity index (χ0) is 14.3. The van der Waals surface area contributed by atoms with Gasteiger partial charge in [0.15, 0.2) is 0 Å². The van der Waals surface area contributed by atoms with Crippen LogP contribution in [-0.4, -0.2) is 28.0 Å². The number of nitrogens with one attached hydrogen (secondary N) is 2. The number of aryl methyl sites for hydroxylation is 1. The van der Waals surface area contributed by atoms with E-state index in [1.165, 1.54) is 0 Å². The number of nitrogen functional groups attached to an aromatic ring is 1. The summed E-state index contributed by atoms with van der Waals surface area (Å²) in [5, 5.41) is 3.46. The quantitative estimate of drug-likeness (QED) is 0.503. The second kappa shape index (κ2) is 8.22. The zero-order valence-corrected chi connectivity index (χ0v) is 13.1. The first-order valence-electron chi connectivity index (χ1n) is 6.71. The third-order valence-corrected chi connectivity index (χ3v) is 3.58. The van der Waals surface area contributed by atoms with Crippen molar-refractivity contribution in [3.63, 3.8) is 0 Å². The van der Waals surface area contributed by atoms with E-state index in [4.69, 9.17) is 5.84 Å². The molecule has 19 heavy (non-hydrogen) atoms. The smallest absolute Gasteiger partial charge is 0.148 e. The van der Waals surface area contributed by atoms with Crippen LogP contribution in [0, 0.1) is 6.92 Å². The van der Waals surface area contributed by atoms with Gasteiger partial charge in [0, 0.05) is 18.0 Å². The first-order chi connectivity index (χ1) is 9.12. The predicted molar refractivity (Wildman–Crippen MR) is 84.7 cm³/mol. The summed E-state index contributed by atoms with van der Waals surface area (Å²) in [6.45, 7) is 6.27. The SMILES string of the molecule is CCCc1nc(NN)c(C)c(NC(C)CCSC)n1. The van der Waals surface area contributed by atoms with Crippen LogP contribution in [0.3, 0.4) is 0 Å². The fraction of sp³-hybridized carbons (Fsp3) is 0.692. The number of rotatable bonds is 8. The van der Waals surface area contributed by atoms with E-state index in [0.29, 0.717) is 11.9 Å². The van der Waals surface area contributed by atoms with Gasteiger partial charge in [0.25, 0.3) is 0 Å². The molecule has 0 spiro atoms. The summed E-state index contributed by atoms with van der Waals surface area (Å²) >= 11 is 1.86. The molecule has 1 aromatic rings. The number of nitrogens with zero attached hydrogens (tertiary/aromatic N) is 2. The van der Waals surface area contributed by atoms with Crippen molar-refractivity contribution in [1.29, 1.82) is 0 Å². The molecule has 0 bridgehead atoms. The molecule has 0 aliphatic carbocycles. The van der Waals surface area contributed by atoms with Crippen molar-refractivity contribution in [2.24, 2.45) is 5.84 Å². The summed E-state index contributed by atoms with van der Waals surface area (Å²) in [5.41, 5.74) is 3.63. The Bertz CT molecular complexity index is 397. The number of thioether (sulfide) groups is 1. The Morgan fingerprint density at radius 3 is 2.58 bits per heavy atom. The summed E-state index contributed by atoms with van der Waals surface area (Å²) in [7, 11) is 0. The average molecular weight is 283 g/mol. The van der Waals surface area contributed by atoms with Crippen molar-refractivity contribution in [1.82, 2.24) is 9.97 Å². The van der Waals surface area contributed by atoms with E-state index in [-0.39, 0.29) is 0 Å². The van der Waals surface area contributed by atoms with Gasteiger partial charge in [-0.25, -0.2) is 15.8 Å². The highest BCUT2D eigenvalue weighted by molar-refractivity contribution is 7.98. The molecule has 0 radical (unpaired) electrons. The summed E-state index contributed by atoms with van der Waals surface area (Å²) in [4.78, 5) is 9.01. The Balaban J connectivity index is 2.88. The largest absolute Gasteiger partial charge is 0.367 e. The second-order valence-electron chi connectivity index (χ2n) is 4.68. The van der Waals surface area contributed by atoms with E-state index in [9.17, 15) is 0 Å². The third kappa shape index (κ3) is 4.87. The Labute approximate surface area is 120 Å². The predicted octanol–water partition coefficient (Wildman–Crippen LogP) is 2.58. The minimum Gasteiger partial charge on any atom is -0.367 e. The van der Waals surface area contributed by atoms with Gasteiger partial charge in [-0.05, 0) is 38.7 Å². The molecule has 1 rings (SSSR count). The molecule has 6 heteroatoms. The molecule has 0 saturated carbocycles. The monoisotopic (exact) mass is 283 g/mol. The van der Waals surface area contributed by atoms with Crippen LogP contribution < -0.4 is 16.6 Å². The molecule has 5 nitrogen and oxygen atoms in total. The molecule has 4 N–H and O–H groups in total. The third-order valence-electron chi connectivity index (χ3n) is 2.94. The van der Waals surface area contributed by atoms with Gasteiger partial charge in [-0.1, -0.05) is 6.92 Å². The van der Waals surface area contributed by atoms with Crippen LogP contribution >= 0.6 is 11.8 Å². The van der Waals surface area contributed by atoms with Gasteiger partial charge in [-0.15, -0.1) is 0 Å². The Kier molecular flexibility index (Phi) is 6.94. The zero-order valence-electron chi connectivity index (χ0n) is 12.3. The van der Waals surface area contributed by atoms with Gasteiger partial charge < -0.3 is 10.7 Å². The number of hydrogen-bond donors (Lipinski definition) is 3. The lowest BCUT2D eigenvalue weighted by molar-refractivity contribution is 0.757. The normalized spacial score (nSPS) is 12.3. The van der Waals surface area contributed by atoms with Gasteiger partial charge in [0.05, 0.1) is 0 Å². The minimum absolute atomic E-state index is 0.390. The van der Waals surface area contributed by atoms with Crippen LogP contribution in [0.4, 0.5) is 11.6 Å². The van der Waals surface area contributed by atoms with Gasteiger partial charge in [-0.3, -0.25) is 0 Å². The Morgan fingerprint density at radius 2 is 2.00 bits per heavy atom. The lowest BCUT2D eigenvalue weighted by atomic mass is 10.2. The molecular formula is C13H25N5S. The molecule has 1 aromatic heterocycles. The lowest BCUT2D eigenvalue weighted by Crippen LogP contribution is -2.20. The van der Waals surface area contributed by atoms with Crippen molar-refractivity contribution < 1.29 is 0 Å². The van der Waals surface area contributed by atoms with Gasteiger partial charge in [0.1, 0.15) is 17.5 Å². The molecule has 0 aromatic carbocycles. The Hall–Kier alpha value is -1.01. The number of hydrogen-bond acceptors (Lipinski definition) is 6. The van der Waals surface area contributed by atoms with Gasteiger partial charge in [0.2, 0.25) is 0 Å². The van der Waals surface area contributed by atoms with Crippen molar-refractivity contribution in [2.45, 2.75) is 46.1 Å². The molecule has 108 valence electrons. The Morgan fingerprint density at radius 1 is 1.32 bits per heavy atom. The second-order valence-corrected chi connectivity index (χ2v) is 5.67. The highest BCUT2D eigenvalue weighted by Gasteiger charge is 2.12. The summed E-state index contributed by atoms with van der Waals surface area (Å²) in [6.07, 6.45) is 5.12. The van der Waals surface area contributed by atoms with E-state index >= 15 is 0 Å². The molecule has 0 saturated heterocycles.